The van der Waals surface area contributed by atoms with Gasteiger partial charge in [-0.25, -0.2) is 4.79 Å². The molecule has 0 aromatic carbocycles. The number of carbonyl (C=O) groups excluding carboxylic acids is 1. The minimum Gasteiger partial charge on any atom is -0.465 e. The summed E-state index contributed by atoms with van der Waals surface area (Å²) in [6.07, 6.45) is 4.56. The van der Waals surface area contributed by atoms with Crippen molar-refractivity contribution in [2.45, 2.75) is 37.8 Å². The van der Waals surface area contributed by atoms with E-state index in [1.54, 1.807) is 0 Å². The molecule has 0 amide bonds. The van der Waals surface area contributed by atoms with E-state index in [1.807, 2.05) is 6.07 Å². The molecule has 1 saturated carbocycles. The monoisotopic (exact) mass is 221 g/mol. The van der Waals surface area contributed by atoms with Crippen molar-refractivity contribution in [3.63, 3.8) is 0 Å². The van der Waals surface area contributed by atoms with Gasteiger partial charge >= 0.3 is 5.97 Å². The summed E-state index contributed by atoms with van der Waals surface area (Å²) in [5.41, 5.74) is 0.0388. The van der Waals surface area contributed by atoms with Gasteiger partial charge in [0, 0.05) is 12.1 Å². The van der Waals surface area contributed by atoms with Crippen LogP contribution in [0.3, 0.4) is 0 Å². The van der Waals surface area contributed by atoms with Gasteiger partial charge in [-0.05, 0) is 12.8 Å². The highest BCUT2D eigenvalue weighted by atomic mass is 16.5. The van der Waals surface area contributed by atoms with Gasteiger partial charge in [0.15, 0.2) is 5.57 Å². The first-order valence-electron chi connectivity index (χ1n) is 5.52. The fraction of sp³-hybridized carbons (Fsp3) is 0.636. The summed E-state index contributed by atoms with van der Waals surface area (Å²) >= 11 is 0. The molecule has 0 spiro atoms. The zero-order chi connectivity index (χ0) is 11.5. The average Bonchev–Trinajstić information content (AvgIpc) is 2.72. The maximum atomic E-state index is 11.4. The number of esters is 1. The molecule has 1 aliphatic carbocycles. The number of nitrogens with zero attached hydrogens (tertiary/aromatic N) is 1. The molecule has 1 heterocycles. The van der Waals surface area contributed by atoms with E-state index in [0.29, 0.717) is 17.9 Å². The van der Waals surface area contributed by atoms with Crippen LogP contribution >= 0.6 is 0 Å². The molecule has 5 nitrogen and oxygen atoms in total. The number of methoxy groups -OCH3 is 1. The Balaban J connectivity index is 2.19. The molecule has 2 rings (SSSR count). The number of carbonyl (C=O) groups is 1. The highest BCUT2D eigenvalue weighted by Crippen LogP contribution is 2.24. The number of hydrogen-bond donors (Lipinski definition) is 2. The smallest absolute Gasteiger partial charge is 0.352 e. The second-order valence-electron chi connectivity index (χ2n) is 4.14. The predicted molar refractivity (Wildman–Crippen MR) is 57.0 cm³/mol. The lowest BCUT2D eigenvalue weighted by Gasteiger charge is -2.23. The topological polar surface area (TPSA) is 74.2 Å². The van der Waals surface area contributed by atoms with Crippen LogP contribution in [0.4, 0.5) is 0 Å². The molecule has 0 bridgehead atoms. The Morgan fingerprint density at radius 1 is 1.38 bits per heavy atom. The summed E-state index contributed by atoms with van der Waals surface area (Å²) in [6.45, 7) is 0. The minimum absolute atomic E-state index is 0.0388. The zero-order valence-electron chi connectivity index (χ0n) is 9.25. The van der Waals surface area contributed by atoms with Crippen LogP contribution < -0.4 is 10.6 Å². The van der Waals surface area contributed by atoms with Crippen molar-refractivity contribution in [1.82, 2.24) is 10.6 Å². The Hall–Kier alpha value is -1.70. The molecule has 1 aliphatic heterocycles. The fourth-order valence-electron chi connectivity index (χ4n) is 2.34. The molecule has 5 heteroatoms. The molecule has 2 aliphatic rings. The Bertz CT molecular complexity index is 354. The van der Waals surface area contributed by atoms with E-state index >= 15 is 0 Å². The van der Waals surface area contributed by atoms with E-state index in [-0.39, 0.29) is 5.57 Å². The maximum absolute atomic E-state index is 11.4. The van der Waals surface area contributed by atoms with Crippen LogP contribution in [-0.4, -0.2) is 25.2 Å². The molecule has 1 saturated heterocycles. The molecule has 2 atom stereocenters. The van der Waals surface area contributed by atoms with Crippen LogP contribution in [0.25, 0.3) is 0 Å². The zero-order valence-corrected chi connectivity index (χ0v) is 9.25. The fourth-order valence-corrected chi connectivity index (χ4v) is 2.34. The lowest BCUT2D eigenvalue weighted by atomic mass is 9.92. The summed E-state index contributed by atoms with van der Waals surface area (Å²) < 4.78 is 4.57. The number of fused-ring (bicyclic) bond motifs is 1. The van der Waals surface area contributed by atoms with E-state index in [9.17, 15) is 4.79 Å². The lowest BCUT2D eigenvalue weighted by molar-refractivity contribution is -0.135. The predicted octanol–water partition coefficient (Wildman–Crippen LogP) is 0.399. The van der Waals surface area contributed by atoms with Crippen molar-refractivity contribution in [3.05, 3.63) is 11.4 Å². The van der Waals surface area contributed by atoms with Crippen molar-refractivity contribution in [2.75, 3.05) is 7.11 Å². The highest BCUT2D eigenvalue weighted by molar-refractivity contribution is 5.93. The molecular formula is C11H15N3O2. The highest BCUT2D eigenvalue weighted by Gasteiger charge is 2.34. The summed E-state index contributed by atoms with van der Waals surface area (Å²) in [5, 5.41) is 15.3. The van der Waals surface area contributed by atoms with E-state index in [4.69, 9.17) is 5.26 Å². The number of nitriles is 1. The summed E-state index contributed by atoms with van der Waals surface area (Å²) in [7, 11) is 1.28. The number of ether oxygens (including phenoxy) is 1. The molecule has 86 valence electrons. The van der Waals surface area contributed by atoms with Crippen LogP contribution in [0, 0.1) is 11.3 Å². The maximum Gasteiger partial charge on any atom is 0.352 e. The van der Waals surface area contributed by atoms with Gasteiger partial charge in [0.25, 0.3) is 0 Å². The first kappa shape index (κ1) is 10.8. The number of nitrogens with one attached hydrogen (secondary N) is 2. The lowest BCUT2D eigenvalue weighted by Crippen LogP contribution is -2.36. The Morgan fingerprint density at radius 2 is 1.94 bits per heavy atom. The summed E-state index contributed by atoms with van der Waals surface area (Å²) in [6, 6.07) is 2.57. The van der Waals surface area contributed by atoms with Crippen LogP contribution in [0.15, 0.2) is 11.4 Å². The summed E-state index contributed by atoms with van der Waals surface area (Å²) in [4.78, 5) is 11.4. The standard InChI is InChI=1S/C11H15N3O2/c1-16-11(15)7(6-12)10-13-8-4-2-3-5-9(8)14-10/h8-9,13-14H,2-5H2,1H3/t8-,9-/m0/s1. The third kappa shape index (κ3) is 1.83. The van der Waals surface area contributed by atoms with Gasteiger partial charge in [0.2, 0.25) is 0 Å². The van der Waals surface area contributed by atoms with Crippen molar-refractivity contribution in [2.24, 2.45) is 0 Å². The number of hydrogen-bond acceptors (Lipinski definition) is 5. The van der Waals surface area contributed by atoms with Gasteiger partial charge < -0.3 is 15.4 Å². The second-order valence-corrected chi connectivity index (χ2v) is 4.14. The number of rotatable bonds is 1. The van der Waals surface area contributed by atoms with Gasteiger partial charge in [-0.15, -0.1) is 0 Å². The van der Waals surface area contributed by atoms with Crippen LogP contribution in [0.5, 0.6) is 0 Å². The van der Waals surface area contributed by atoms with E-state index in [0.717, 1.165) is 12.8 Å². The average molecular weight is 221 g/mol. The van der Waals surface area contributed by atoms with Crippen LogP contribution in [0.2, 0.25) is 0 Å². The molecule has 0 aromatic rings. The molecule has 2 N–H and O–H groups in total. The molecule has 2 fully saturated rings. The van der Waals surface area contributed by atoms with E-state index in [2.05, 4.69) is 15.4 Å². The largest absolute Gasteiger partial charge is 0.465 e. The Kier molecular flexibility index (Phi) is 3.00. The third-order valence-electron chi connectivity index (χ3n) is 3.18. The van der Waals surface area contributed by atoms with Gasteiger partial charge in [-0.3, -0.25) is 0 Å². The quantitative estimate of drug-likeness (QED) is 0.381. The van der Waals surface area contributed by atoms with Crippen molar-refractivity contribution < 1.29 is 9.53 Å². The molecule has 0 radical (unpaired) electrons. The minimum atomic E-state index is -0.587. The molecule has 16 heavy (non-hydrogen) atoms. The SMILES string of the molecule is COC(=O)C(C#N)=C1N[C@H]2CCCC[C@@H]2N1. The van der Waals surface area contributed by atoms with Gasteiger partial charge in [0.1, 0.15) is 11.9 Å². The van der Waals surface area contributed by atoms with Crippen molar-refractivity contribution in [3.8, 4) is 6.07 Å². The van der Waals surface area contributed by atoms with Crippen LogP contribution in [0.1, 0.15) is 25.7 Å². The molecular weight excluding hydrogens is 206 g/mol. The van der Waals surface area contributed by atoms with Crippen molar-refractivity contribution >= 4 is 5.97 Å². The van der Waals surface area contributed by atoms with Crippen molar-refractivity contribution in [1.29, 1.82) is 5.26 Å². The van der Waals surface area contributed by atoms with Crippen LogP contribution in [-0.2, 0) is 9.53 Å². The van der Waals surface area contributed by atoms with Gasteiger partial charge in [-0.2, -0.15) is 5.26 Å². The van der Waals surface area contributed by atoms with Gasteiger partial charge in [-0.1, -0.05) is 12.8 Å². The first-order valence-corrected chi connectivity index (χ1v) is 5.52. The Morgan fingerprint density at radius 3 is 2.38 bits per heavy atom. The third-order valence-corrected chi connectivity index (χ3v) is 3.18. The first-order chi connectivity index (χ1) is 7.76. The van der Waals surface area contributed by atoms with Gasteiger partial charge in [0.05, 0.1) is 7.11 Å². The normalized spacial score (nSPS) is 27.1. The van der Waals surface area contributed by atoms with E-state index in [1.165, 1.54) is 20.0 Å². The summed E-state index contributed by atoms with van der Waals surface area (Å²) in [5.74, 6) is -0.0533. The molecule has 0 unspecified atom stereocenters. The molecule has 0 aromatic heterocycles. The van der Waals surface area contributed by atoms with E-state index < -0.39 is 5.97 Å². The second kappa shape index (κ2) is 4.44. The Labute approximate surface area is 94.5 Å².